The summed E-state index contributed by atoms with van der Waals surface area (Å²) >= 11 is 0. The summed E-state index contributed by atoms with van der Waals surface area (Å²) in [5.41, 5.74) is -3.60. The number of nitrogens with zero attached hydrogens (tertiary/aromatic N) is 1. The Hall–Kier alpha value is -2.44. The zero-order chi connectivity index (χ0) is 18.3. The number of ether oxygens (including phenoxy) is 4. The van der Waals surface area contributed by atoms with Gasteiger partial charge in [-0.2, -0.15) is 4.57 Å². The molecule has 0 saturated carbocycles. The van der Waals surface area contributed by atoms with Crippen molar-refractivity contribution in [1.29, 1.82) is 0 Å². The van der Waals surface area contributed by atoms with Gasteiger partial charge in [0, 0.05) is 13.2 Å². The van der Waals surface area contributed by atoms with Crippen molar-refractivity contribution in [2.24, 2.45) is 0 Å². The van der Waals surface area contributed by atoms with E-state index in [1.54, 1.807) is 23.8 Å². The summed E-state index contributed by atoms with van der Waals surface area (Å²) in [6, 6.07) is 0. The fourth-order valence-corrected chi connectivity index (χ4v) is 1.97. The minimum absolute atomic E-state index is 0.0263. The van der Waals surface area contributed by atoms with Crippen LogP contribution in [0.25, 0.3) is 0 Å². The highest BCUT2D eigenvalue weighted by atomic mass is 16.8. The molecule has 12 heteroatoms. The zero-order valence-electron chi connectivity index (χ0n) is 13.4. The lowest BCUT2D eigenvalue weighted by atomic mass is 10.4. The van der Waals surface area contributed by atoms with Crippen LogP contribution in [0.1, 0.15) is 20.8 Å². The zero-order valence-corrected chi connectivity index (χ0v) is 13.4. The third-order valence-electron chi connectivity index (χ3n) is 2.68. The van der Waals surface area contributed by atoms with Gasteiger partial charge < -0.3 is 24.1 Å². The van der Waals surface area contributed by atoms with Crippen LogP contribution >= 0.6 is 0 Å². The minimum atomic E-state index is -2.60. The number of rotatable bonds is 9. The van der Waals surface area contributed by atoms with Crippen LogP contribution < -0.4 is 17.1 Å². The fourth-order valence-electron chi connectivity index (χ4n) is 1.97. The lowest BCUT2D eigenvalue weighted by molar-refractivity contribution is -0.381. The quantitative estimate of drug-likeness (QED) is 0.373. The third-order valence-corrected chi connectivity index (χ3v) is 2.68. The van der Waals surface area contributed by atoms with Crippen molar-refractivity contribution in [3.05, 3.63) is 31.5 Å². The number of nitrogens with one attached hydrogen (secondary N) is 2. The highest BCUT2D eigenvalue weighted by molar-refractivity contribution is 5.57. The Morgan fingerprint density at radius 3 is 1.96 bits per heavy atom. The highest BCUT2D eigenvalue weighted by Crippen LogP contribution is 2.26. The molecule has 0 saturated heterocycles. The van der Waals surface area contributed by atoms with Gasteiger partial charge >= 0.3 is 29.1 Å². The molecular weight excluding hydrogens is 330 g/mol. The van der Waals surface area contributed by atoms with Gasteiger partial charge in [0.2, 0.25) is 6.29 Å². The van der Waals surface area contributed by atoms with Gasteiger partial charge in [0.1, 0.15) is 0 Å². The second-order valence-electron chi connectivity index (χ2n) is 4.20. The van der Waals surface area contributed by atoms with Gasteiger partial charge in [0.25, 0.3) is 0 Å². The Morgan fingerprint density at radius 2 is 1.58 bits per heavy atom. The van der Waals surface area contributed by atoms with E-state index in [1.807, 2.05) is 0 Å². The SMILES string of the molecule is CCOC(OCC)C(OCC)(OC(=O)O)n1c(=O)[nH]c(=O)[nH]c1=O. The molecule has 0 fully saturated rings. The Bertz CT molecular complexity index is 681. The van der Waals surface area contributed by atoms with E-state index < -0.39 is 35.4 Å². The lowest BCUT2D eigenvalue weighted by Gasteiger charge is -2.36. The van der Waals surface area contributed by atoms with Gasteiger partial charge in [0.15, 0.2) is 0 Å². The van der Waals surface area contributed by atoms with E-state index in [9.17, 15) is 19.2 Å². The molecule has 3 N–H and O–H groups in total. The summed E-state index contributed by atoms with van der Waals surface area (Å²) in [7, 11) is 0. The minimum Gasteiger partial charge on any atom is -0.450 e. The van der Waals surface area contributed by atoms with Crippen molar-refractivity contribution < 1.29 is 28.8 Å². The molecular formula is C12H19N3O9. The van der Waals surface area contributed by atoms with Gasteiger partial charge in [-0.3, -0.25) is 9.97 Å². The van der Waals surface area contributed by atoms with Crippen molar-refractivity contribution in [1.82, 2.24) is 14.5 Å². The Kier molecular flexibility index (Phi) is 6.88. The van der Waals surface area contributed by atoms with Crippen LogP contribution in [0.5, 0.6) is 0 Å². The molecule has 0 aliphatic heterocycles. The summed E-state index contributed by atoms with van der Waals surface area (Å²) in [4.78, 5) is 50.1. The first-order chi connectivity index (χ1) is 11.3. The Balaban J connectivity index is 3.74. The molecule has 1 atom stereocenters. The largest absolute Gasteiger partial charge is 0.509 e. The predicted octanol–water partition coefficient (Wildman–Crippen LogP) is -1.03. The summed E-state index contributed by atoms with van der Waals surface area (Å²) in [6.45, 7) is 4.50. The maximum atomic E-state index is 12.1. The van der Waals surface area contributed by atoms with Crippen LogP contribution in [-0.2, 0) is 24.9 Å². The number of hydrogen-bond acceptors (Lipinski definition) is 8. The summed E-state index contributed by atoms with van der Waals surface area (Å²) in [6.07, 6.45) is -3.45. The molecule has 1 heterocycles. The van der Waals surface area contributed by atoms with Crippen LogP contribution in [-0.4, -0.2) is 51.9 Å². The first kappa shape index (κ1) is 19.6. The molecule has 1 aromatic rings. The topological polar surface area (TPSA) is 162 Å². The number of H-pyrrole nitrogens is 2. The third kappa shape index (κ3) is 4.10. The van der Waals surface area contributed by atoms with E-state index in [1.165, 1.54) is 6.92 Å². The number of carboxylic acid groups (broad SMARTS) is 1. The Morgan fingerprint density at radius 1 is 1.08 bits per heavy atom. The van der Waals surface area contributed by atoms with E-state index in [0.717, 1.165) is 0 Å². The normalized spacial score (nSPS) is 13.7. The van der Waals surface area contributed by atoms with Crippen LogP contribution in [0.2, 0.25) is 0 Å². The molecule has 0 radical (unpaired) electrons. The molecule has 0 aromatic carbocycles. The average Bonchev–Trinajstić information content (AvgIpc) is 2.45. The lowest BCUT2D eigenvalue weighted by Crippen LogP contribution is -2.62. The van der Waals surface area contributed by atoms with Crippen LogP contribution in [0.15, 0.2) is 14.4 Å². The van der Waals surface area contributed by atoms with Crippen LogP contribution in [0.3, 0.4) is 0 Å². The van der Waals surface area contributed by atoms with Crippen LogP contribution in [0.4, 0.5) is 4.79 Å². The molecule has 0 aliphatic carbocycles. The molecule has 24 heavy (non-hydrogen) atoms. The van der Waals surface area contributed by atoms with Crippen molar-refractivity contribution in [2.75, 3.05) is 19.8 Å². The van der Waals surface area contributed by atoms with Crippen LogP contribution in [0, 0.1) is 0 Å². The average molecular weight is 349 g/mol. The first-order valence-electron chi connectivity index (χ1n) is 7.07. The maximum Gasteiger partial charge on any atom is 0.509 e. The van der Waals surface area contributed by atoms with Gasteiger partial charge in [-0.05, 0) is 20.8 Å². The standard InChI is InChI=1S/C12H19N3O9/c1-4-21-7(22-5-2)12(23-6-3,24-11(19)20)15-9(17)13-8(16)14-10(15)18/h7H,4-6H2,1-3H3,(H,19,20)(H2,13,14,16,17,18). The smallest absolute Gasteiger partial charge is 0.450 e. The van der Waals surface area contributed by atoms with E-state index in [0.29, 0.717) is 0 Å². The number of aromatic amines is 2. The van der Waals surface area contributed by atoms with Gasteiger partial charge in [-0.1, -0.05) is 0 Å². The van der Waals surface area contributed by atoms with E-state index >= 15 is 0 Å². The monoisotopic (exact) mass is 349 g/mol. The second-order valence-corrected chi connectivity index (χ2v) is 4.20. The molecule has 0 amide bonds. The molecule has 1 aromatic heterocycles. The summed E-state index contributed by atoms with van der Waals surface area (Å²) < 4.78 is 20.7. The van der Waals surface area contributed by atoms with Crippen molar-refractivity contribution in [3.63, 3.8) is 0 Å². The van der Waals surface area contributed by atoms with Gasteiger partial charge in [0.05, 0.1) is 6.61 Å². The second kappa shape index (κ2) is 8.42. The number of carbonyl (C=O) groups is 1. The van der Waals surface area contributed by atoms with Crippen molar-refractivity contribution >= 4 is 6.16 Å². The van der Waals surface area contributed by atoms with Crippen molar-refractivity contribution in [2.45, 2.75) is 33.0 Å². The summed E-state index contributed by atoms with van der Waals surface area (Å²) in [5, 5.41) is 9.05. The number of aromatic nitrogens is 3. The van der Waals surface area contributed by atoms with Gasteiger partial charge in [-0.15, -0.1) is 0 Å². The maximum absolute atomic E-state index is 12.1. The first-order valence-corrected chi connectivity index (χ1v) is 7.07. The van der Waals surface area contributed by atoms with E-state index in [4.69, 9.17) is 24.1 Å². The van der Waals surface area contributed by atoms with E-state index in [2.05, 4.69) is 0 Å². The summed E-state index contributed by atoms with van der Waals surface area (Å²) in [5.74, 6) is -2.60. The molecule has 1 unspecified atom stereocenters. The molecule has 136 valence electrons. The molecule has 0 bridgehead atoms. The highest BCUT2D eigenvalue weighted by Gasteiger charge is 2.51. The predicted molar refractivity (Wildman–Crippen MR) is 77.7 cm³/mol. The molecule has 1 rings (SSSR count). The van der Waals surface area contributed by atoms with Gasteiger partial charge in [-0.25, -0.2) is 19.2 Å². The number of hydrogen-bond donors (Lipinski definition) is 3. The Labute approximate surface area is 134 Å². The van der Waals surface area contributed by atoms with Crippen molar-refractivity contribution in [3.8, 4) is 0 Å². The molecule has 0 spiro atoms. The molecule has 12 nitrogen and oxygen atoms in total. The molecule has 0 aliphatic rings. The fraction of sp³-hybridized carbons (Fsp3) is 0.667. The van der Waals surface area contributed by atoms with E-state index in [-0.39, 0.29) is 24.4 Å².